The summed E-state index contributed by atoms with van der Waals surface area (Å²) in [6.45, 7) is 5.96. The first-order valence-electron chi connectivity index (χ1n) is 12.0. The van der Waals surface area contributed by atoms with E-state index in [9.17, 15) is 9.18 Å². The molecule has 0 aliphatic carbocycles. The van der Waals surface area contributed by atoms with Crippen LogP contribution in [0.1, 0.15) is 55.2 Å². The van der Waals surface area contributed by atoms with Crippen LogP contribution in [0, 0.1) is 12.7 Å². The van der Waals surface area contributed by atoms with Gasteiger partial charge in [0.2, 0.25) is 11.8 Å². The highest BCUT2D eigenvalue weighted by molar-refractivity contribution is 6.01. The monoisotopic (exact) mass is 510 g/mol. The van der Waals surface area contributed by atoms with Gasteiger partial charge in [0.25, 0.3) is 0 Å². The lowest BCUT2D eigenvalue weighted by molar-refractivity contribution is -0.137. The summed E-state index contributed by atoms with van der Waals surface area (Å²) in [6, 6.07) is 9.28. The fourth-order valence-corrected chi connectivity index (χ4v) is 3.95. The van der Waals surface area contributed by atoms with Gasteiger partial charge in [-0.25, -0.2) is 24.8 Å². The number of nitrogens with one attached hydrogen (secondary N) is 1. The van der Waals surface area contributed by atoms with E-state index in [-0.39, 0.29) is 19.0 Å². The van der Waals surface area contributed by atoms with Crippen LogP contribution in [0.4, 0.5) is 10.3 Å². The number of fused-ring (bicyclic) bond motifs is 1. The Morgan fingerprint density at radius 2 is 2.00 bits per heavy atom. The molecule has 0 fully saturated rings. The first-order valence-corrected chi connectivity index (χ1v) is 12.0. The normalized spacial score (nSPS) is 14.1. The quantitative estimate of drug-likeness (QED) is 0.302. The highest BCUT2D eigenvalue weighted by Crippen LogP contribution is 2.36. The Hall–Kier alpha value is -4.12. The number of aliphatic carboxylic acids is 1. The van der Waals surface area contributed by atoms with E-state index in [2.05, 4.69) is 20.4 Å². The number of anilines is 1. The van der Waals surface area contributed by atoms with E-state index < -0.39 is 17.8 Å². The Kier molecular flexibility index (Phi) is 9.45. The number of ether oxygens (including phenoxy) is 1. The van der Waals surface area contributed by atoms with Gasteiger partial charge in [-0.3, -0.25) is 14.6 Å². The first kappa shape index (κ1) is 27.5. The van der Waals surface area contributed by atoms with Crippen molar-refractivity contribution in [3.8, 4) is 17.1 Å². The van der Waals surface area contributed by atoms with Crippen LogP contribution in [-0.4, -0.2) is 45.6 Å². The molecule has 10 nitrogen and oxygen atoms in total. The third-order valence-electron chi connectivity index (χ3n) is 5.48. The smallest absolute Gasteiger partial charge is 0.303 e. The van der Waals surface area contributed by atoms with Crippen LogP contribution in [-0.2, 0) is 16.1 Å². The lowest BCUT2D eigenvalue weighted by Gasteiger charge is -2.26. The second-order valence-corrected chi connectivity index (χ2v) is 7.93. The average Bonchev–Trinajstić information content (AvgIpc) is 2.88. The fraction of sp³-hybridized carbons (Fsp3) is 0.346. The number of aromatic nitrogens is 3. The molecule has 3 heterocycles. The van der Waals surface area contributed by atoms with E-state index in [1.165, 1.54) is 19.2 Å². The van der Waals surface area contributed by atoms with Crippen molar-refractivity contribution in [2.45, 2.75) is 46.1 Å². The molecule has 3 aromatic rings. The number of halogens is 1. The van der Waals surface area contributed by atoms with Crippen LogP contribution >= 0.6 is 0 Å². The van der Waals surface area contributed by atoms with Gasteiger partial charge >= 0.3 is 5.97 Å². The molecule has 4 rings (SSSR count). The molecule has 37 heavy (non-hydrogen) atoms. The predicted molar refractivity (Wildman–Crippen MR) is 138 cm³/mol. The van der Waals surface area contributed by atoms with E-state index in [0.29, 0.717) is 52.8 Å². The Morgan fingerprint density at radius 1 is 1.22 bits per heavy atom. The molecule has 2 aromatic heterocycles. The molecule has 0 amide bonds. The van der Waals surface area contributed by atoms with Gasteiger partial charge in [0.1, 0.15) is 5.82 Å². The van der Waals surface area contributed by atoms with Crippen molar-refractivity contribution in [3.05, 3.63) is 64.7 Å². The molecule has 0 saturated carbocycles. The number of aliphatic imine (C=N–C) groups is 1. The highest BCUT2D eigenvalue weighted by Gasteiger charge is 2.28. The van der Waals surface area contributed by atoms with E-state index in [0.717, 1.165) is 5.56 Å². The maximum Gasteiger partial charge on any atom is 0.303 e. The zero-order valence-electron chi connectivity index (χ0n) is 21.3. The Labute approximate surface area is 214 Å². The van der Waals surface area contributed by atoms with Crippen molar-refractivity contribution < 1.29 is 23.9 Å². The highest BCUT2D eigenvalue weighted by atomic mass is 19.1. The van der Waals surface area contributed by atoms with E-state index in [1.54, 1.807) is 31.2 Å². The Morgan fingerprint density at radius 3 is 2.73 bits per heavy atom. The number of hydrogen-bond donors (Lipinski definition) is 3. The molecule has 196 valence electrons. The number of nitrogen functional groups attached to an aromatic ring is 1. The van der Waals surface area contributed by atoms with Gasteiger partial charge in [-0.2, -0.15) is 0 Å². The van der Waals surface area contributed by atoms with Gasteiger partial charge in [-0.15, -0.1) is 0 Å². The van der Waals surface area contributed by atoms with E-state index in [4.69, 9.17) is 25.4 Å². The van der Waals surface area contributed by atoms with Gasteiger partial charge < -0.3 is 15.6 Å². The number of hydrogen-bond acceptors (Lipinski definition) is 9. The molecule has 11 heteroatoms. The number of carbonyl (C=O) groups is 1. The predicted octanol–water partition coefficient (Wildman–Crippen LogP) is 4.03. The maximum atomic E-state index is 14.3. The summed E-state index contributed by atoms with van der Waals surface area (Å²) in [5.74, 6) is -0.376. The third-order valence-corrected chi connectivity index (χ3v) is 5.48. The molecule has 1 aliphatic heterocycles. The number of benzene rings is 1. The van der Waals surface area contributed by atoms with Crippen molar-refractivity contribution in [2.24, 2.45) is 4.99 Å². The van der Waals surface area contributed by atoms with Crippen molar-refractivity contribution in [1.29, 1.82) is 0 Å². The summed E-state index contributed by atoms with van der Waals surface area (Å²) in [5, 5.41) is 8.82. The minimum atomic E-state index is -0.899. The summed E-state index contributed by atoms with van der Waals surface area (Å²) in [7, 11) is 1.52. The molecule has 0 radical (unpaired) electrons. The van der Waals surface area contributed by atoms with Crippen LogP contribution in [0.5, 0.6) is 5.88 Å². The summed E-state index contributed by atoms with van der Waals surface area (Å²) in [5.41, 5.74) is 12.5. The molecule has 4 N–H and O–H groups in total. The number of aryl methyl sites for hydroxylation is 1. The molecule has 0 bridgehead atoms. The average molecular weight is 511 g/mol. The number of rotatable bonds is 8. The summed E-state index contributed by atoms with van der Waals surface area (Å²) >= 11 is 0. The van der Waals surface area contributed by atoms with Gasteiger partial charge in [0.05, 0.1) is 42.4 Å². The van der Waals surface area contributed by atoms with Crippen molar-refractivity contribution in [1.82, 2.24) is 20.4 Å². The molecule has 1 aliphatic rings. The topological polar surface area (TPSA) is 145 Å². The molecule has 0 spiro atoms. The van der Waals surface area contributed by atoms with Crippen molar-refractivity contribution in [3.63, 3.8) is 0 Å². The number of pyridine rings is 1. The molecule has 0 saturated heterocycles. The number of carboxylic acids is 1. The number of hydroxylamine groups is 1. The molecular formula is C26H31FN6O4. The van der Waals surface area contributed by atoms with E-state index in [1.807, 2.05) is 13.8 Å². The Balaban J connectivity index is 0.00000186. The van der Waals surface area contributed by atoms with Gasteiger partial charge in [0, 0.05) is 24.5 Å². The van der Waals surface area contributed by atoms with Crippen LogP contribution in [0.15, 0.2) is 41.4 Å². The van der Waals surface area contributed by atoms with Crippen LogP contribution in [0.3, 0.4) is 0 Å². The molecule has 1 atom stereocenters. The summed E-state index contributed by atoms with van der Waals surface area (Å²) in [4.78, 5) is 34.2. The standard InChI is InChI=1S/C24H25FN6O4.C2H6/c1-13-22-19(30-24(26)27-13)12-18(29-23(22)31-35-10-4-7-21(32)33)15-9-8-14(25)11-16(15)17-5-3-6-20(28-17)34-2;1-2/h3,5-6,8-9,11,18H,4,7,10,12H2,1-2H3,(H,29,31)(H,32,33)(H2,26,27,30);1-2H3. The maximum absolute atomic E-state index is 14.3. The van der Waals surface area contributed by atoms with E-state index >= 15 is 0 Å². The van der Waals surface area contributed by atoms with Crippen LogP contribution in [0.25, 0.3) is 11.3 Å². The third kappa shape index (κ3) is 6.76. The number of nitrogens with two attached hydrogens (primary N) is 1. The fourth-order valence-electron chi connectivity index (χ4n) is 3.95. The lowest BCUT2D eigenvalue weighted by Crippen LogP contribution is -2.32. The van der Waals surface area contributed by atoms with Gasteiger partial charge in [-0.1, -0.05) is 26.0 Å². The lowest BCUT2D eigenvalue weighted by atomic mass is 9.91. The van der Waals surface area contributed by atoms with Gasteiger partial charge in [0.15, 0.2) is 5.84 Å². The van der Waals surface area contributed by atoms with Crippen LogP contribution < -0.4 is 16.0 Å². The second-order valence-electron chi connectivity index (χ2n) is 7.93. The largest absolute Gasteiger partial charge is 0.481 e. The van der Waals surface area contributed by atoms with Crippen LogP contribution in [0.2, 0.25) is 0 Å². The number of nitrogens with zero attached hydrogens (tertiary/aromatic N) is 4. The zero-order chi connectivity index (χ0) is 26.9. The summed E-state index contributed by atoms with van der Waals surface area (Å²) in [6.07, 6.45) is 0.709. The Bertz CT molecular complexity index is 1280. The van der Waals surface area contributed by atoms with Crippen molar-refractivity contribution in [2.75, 3.05) is 19.5 Å². The number of amidine groups is 1. The number of carboxylic acid groups (broad SMARTS) is 1. The van der Waals surface area contributed by atoms with Crippen molar-refractivity contribution >= 4 is 17.8 Å². The number of methoxy groups -OCH3 is 1. The minimum Gasteiger partial charge on any atom is -0.481 e. The molecule has 1 unspecified atom stereocenters. The second kappa shape index (κ2) is 12.7. The molecular weight excluding hydrogens is 479 g/mol. The zero-order valence-corrected chi connectivity index (χ0v) is 21.3. The summed E-state index contributed by atoms with van der Waals surface area (Å²) < 4.78 is 19.5. The first-order chi connectivity index (χ1) is 17.9. The minimum absolute atomic E-state index is 0.0154. The molecule has 1 aromatic carbocycles. The van der Waals surface area contributed by atoms with Gasteiger partial charge in [-0.05, 0) is 37.1 Å². The SMILES string of the molecule is CC.COc1cccc(-c2cc(F)ccc2C2Cc3nc(N)nc(C)c3C(NOCCCC(=O)O)=N2)n1.